The Bertz CT molecular complexity index is 1500. The molecule has 0 radical (unpaired) electrons. The molecule has 0 saturated heterocycles. The van der Waals surface area contributed by atoms with E-state index in [2.05, 4.69) is 5.32 Å². The van der Waals surface area contributed by atoms with Gasteiger partial charge in [-0.25, -0.2) is 4.79 Å². The highest BCUT2D eigenvalue weighted by Gasteiger charge is 2.40. The van der Waals surface area contributed by atoms with Crippen molar-refractivity contribution in [3.8, 4) is 22.6 Å². The zero-order chi connectivity index (χ0) is 28.3. The Kier molecular flexibility index (Phi) is 7.91. The van der Waals surface area contributed by atoms with Crippen LogP contribution >= 0.6 is 11.3 Å². The quantitative estimate of drug-likeness (QED) is 0.169. The summed E-state index contributed by atoms with van der Waals surface area (Å²) in [5, 5.41) is 15.9. The van der Waals surface area contributed by atoms with E-state index in [9.17, 15) is 29.3 Å². The number of benzene rings is 2. The fourth-order valence-corrected chi connectivity index (χ4v) is 5.12. The van der Waals surface area contributed by atoms with Gasteiger partial charge in [-0.2, -0.15) is 0 Å². The molecule has 1 aromatic heterocycles. The Balaban J connectivity index is 1.54. The number of ether oxygens (including phenoxy) is 3. The number of rotatable bonds is 10. The number of esters is 1. The molecule has 2 aromatic carbocycles. The van der Waals surface area contributed by atoms with Crippen molar-refractivity contribution in [2.75, 3.05) is 32.7 Å². The van der Waals surface area contributed by atoms with E-state index < -0.39 is 34.3 Å². The Morgan fingerprint density at radius 1 is 1.05 bits per heavy atom. The lowest BCUT2D eigenvalue weighted by molar-refractivity contribution is -0.385. The number of hydrogen-bond acceptors (Lipinski definition) is 10. The van der Waals surface area contributed by atoms with Crippen LogP contribution in [0.2, 0.25) is 0 Å². The number of hydrogen-bond donors (Lipinski definition) is 1. The van der Waals surface area contributed by atoms with Gasteiger partial charge in [0.1, 0.15) is 16.1 Å². The number of nitrogens with one attached hydrogen (secondary N) is 1. The molecule has 1 N–H and O–H groups in total. The van der Waals surface area contributed by atoms with Gasteiger partial charge in [0.05, 0.1) is 31.3 Å². The molecule has 2 heterocycles. The Hall–Kier alpha value is -4.78. The SMILES string of the molecule is CCOC(=O)c1c(-c2ccc(OC)c(OC)c2)csc1NC(=O)CCN1C(=O)c2cccc([N+](=O)[O-])c2C1=O. The van der Waals surface area contributed by atoms with Crippen molar-refractivity contribution in [2.24, 2.45) is 0 Å². The number of imide groups is 1. The summed E-state index contributed by atoms with van der Waals surface area (Å²) < 4.78 is 15.8. The molecule has 0 fully saturated rings. The molecule has 202 valence electrons. The van der Waals surface area contributed by atoms with Crippen LogP contribution in [0.1, 0.15) is 44.4 Å². The van der Waals surface area contributed by atoms with E-state index in [0.29, 0.717) is 22.6 Å². The Labute approximate surface area is 226 Å². The first-order valence-corrected chi connectivity index (χ1v) is 12.5. The van der Waals surface area contributed by atoms with Crippen LogP contribution < -0.4 is 14.8 Å². The molecule has 0 atom stereocenters. The van der Waals surface area contributed by atoms with Gasteiger partial charge in [-0.1, -0.05) is 12.1 Å². The molecule has 0 unspecified atom stereocenters. The van der Waals surface area contributed by atoms with Gasteiger partial charge in [0.2, 0.25) is 5.91 Å². The summed E-state index contributed by atoms with van der Waals surface area (Å²) in [6.45, 7) is 1.46. The topological polar surface area (TPSA) is 154 Å². The van der Waals surface area contributed by atoms with Crippen LogP contribution in [0.3, 0.4) is 0 Å². The summed E-state index contributed by atoms with van der Waals surface area (Å²) in [5.41, 5.74) is 0.409. The first-order chi connectivity index (χ1) is 18.7. The fourth-order valence-electron chi connectivity index (χ4n) is 4.15. The van der Waals surface area contributed by atoms with Crippen molar-refractivity contribution in [1.29, 1.82) is 0 Å². The number of carbonyl (C=O) groups excluding carboxylic acids is 4. The summed E-state index contributed by atoms with van der Waals surface area (Å²) in [6, 6.07) is 8.91. The van der Waals surface area contributed by atoms with E-state index in [1.54, 1.807) is 30.5 Å². The van der Waals surface area contributed by atoms with Crippen LogP contribution in [0.25, 0.3) is 11.1 Å². The number of nitrogens with zero attached hydrogens (tertiary/aromatic N) is 2. The number of amides is 3. The van der Waals surface area contributed by atoms with Crippen molar-refractivity contribution in [1.82, 2.24) is 4.90 Å². The Morgan fingerprint density at radius 3 is 2.46 bits per heavy atom. The number of thiophene rings is 1. The van der Waals surface area contributed by atoms with Crippen LogP contribution in [0.15, 0.2) is 41.8 Å². The van der Waals surface area contributed by atoms with Gasteiger partial charge in [-0.15, -0.1) is 11.3 Å². The van der Waals surface area contributed by atoms with E-state index in [-0.39, 0.29) is 41.3 Å². The molecule has 3 aromatic rings. The minimum atomic E-state index is -0.839. The van der Waals surface area contributed by atoms with Crippen molar-refractivity contribution >= 4 is 45.7 Å². The second-order valence-corrected chi connectivity index (χ2v) is 9.04. The van der Waals surface area contributed by atoms with Crippen molar-refractivity contribution in [2.45, 2.75) is 13.3 Å². The second-order valence-electron chi connectivity index (χ2n) is 8.16. The van der Waals surface area contributed by atoms with Crippen molar-refractivity contribution in [3.63, 3.8) is 0 Å². The normalized spacial score (nSPS) is 12.2. The number of nitro groups is 1. The third kappa shape index (κ3) is 5.16. The molecule has 39 heavy (non-hydrogen) atoms. The molecule has 12 nitrogen and oxygen atoms in total. The standard InChI is InChI=1S/C26H23N3O9S/c1-4-38-26(33)22-16(14-8-9-18(36-2)19(12-14)37-3)13-39-23(22)27-20(30)10-11-28-24(31)15-6-5-7-17(29(34)35)21(15)25(28)32/h5-9,12-13H,4,10-11H2,1-3H3,(H,27,30). The summed E-state index contributed by atoms with van der Waals surface area (Å²) in [7, 11) is 2.99. The molecule has 0 aliphatic carbocycles. The van der Waals surface area contributed by atoms with Gasteiger partial charge in [0.25, 0.3) is 17.5 Å². The highest BCUT2D eigenvalue weighted by Crippen LogP contribution is 2.40. The highest BCUT2D eigenvalue weighted by molar-refractivity contribution is 7.15. The summed E-state index contributed by atoms with van der Waals surface area (Å²) in [4.78, 5) is 62.5. The molecule has 3 amide bonds. The number of fused-ring (bicyclic) bond motifs is 1. The summed E-state index contributed by atoms with van der Waals surface area (Å²) >= 11 is 1.10. The maximum Gasteiger partial charge on any atom is 0.341 e. The van der Waals surface area contributed by atoms with Crippen LogP contribution in [0, 0.1) is 10.1 Å². The van der Waals surface area contributed by atoms with Gasteiger partial charge in [0, 0.05) is 30.0 Å². The van der Waals surface area contributed by atoms with Gasteiger partial charge < -0.3 is 19.5 Å². The third-order valence-corrected chi connectivity index (χ3v) is 6.85. The lowest BCUT2D eigenvalue weighted by Gasteiger charge is -2.14. The van der Waals surface area contributed by atoms with E-state index >= 15 is 0 Å². The van der Waals surface area contributed by atoms with Crippen LogP contribution in [-0.4, -0.2) is 60.9 Å². The third-order valence-electron chi connectivity index (χ3n) is 5.95. The predicted octanol–water partition coefficient (Wildman–Crippen LogP) is 4.14. The minimum Gasteiger partial charge on any atom is -0.493 e. The minimum absolute atomic E-state index is 0.0861. The Morgan fingerprint density at radius 2 is 1.79 bits per heavy atom. The number of methoxy groups -OCH3 is 2. The number of nitro benzene ring substituents is 1. The molecule has 0 bridgehead atoms. The zero-order valence-corrected chi connectivity index (χ0v) is 22.0. The van der Waals surface area contributed by atoms with E-state index in [0.717, 1.165) is 22.3 Å². The molecular weight excluding hydrogens is 530 g/mol. The average Bonchev–Trinajstić information content (AvgIpc) is 3.45. The zero-order valence-electron chi connectivity index (χ0n) is 21.1. The van der Waals surface area contributed by atoms with Crippen molar-refractivity contribution in [3.05, 3.63) is 68.6 Å². The largest absolute Gasteiger partial charge is 0.493 e. The molecule has 13 heteroatoms. The number of anilines is 1. The predicted molar refractivity (Wildman–Crippen MR) is 141 cm³/mol. The number of carbonyl (C=O) groups is 4. The first-order valence-electron chi connectivity index (χ1n) is 11.7. The lowest BCUT2D eigenvalue weighted by atomic mass is 10.0. The van der Waals surface area contributed by atoms with Gasteiger partial charge >= 0.3 is 5.97 Å². The van der Waals surface area contributed by atoms with Gasteiger partial charge in [-0.3, -0.25) is 29.4 Å². The maximum absolute atomic E-state index is 12.9. The van der Waals surface area contributed by atoms with Gasteiger partial charge in [-0.05, 0) is 30.7 Å². The van der Waals surface area contributed by atoms with Crippen LogP contribution in [-0.2, 0) is 9.53 Å². The monoisotopic (exact) mass is 553 g/mol. The maximum atomic E-state index is 12.9. The molecule has 0 saturated carbocycles. The lowest BCUT2D eigenvalue weighted by Crippen LogP contribution is -2.33. The van der Waals surface area contributed by atoms with Crippen LogP contribution in [0.4, 0.5) is 10.7 Å². The van der Waals surface area contributed by atoms with Crippen LogP contribution in [0.5, 0.6) is 11.5 Å². The fraction of sp³-hybridized carbons (Fsp3) is 0.231. The summed E-state index contributed by atoms with van der Waals surface area (Å²) in [5.74, 6) is -1.83. The molecule has 4 rings (SSSR count). The summed E-state index contributed by atoms with van der Waals surface area (Å²) in [6.07, 6.45) is -0.300. The second kappa shape index (κ2) is 11.3. The van der Waals surface area contributed by atoms with Crippen molar-refractivity contribution < 1.29 is 38.3 Å². The molecule has 0 spiro atoms. The molecular formula is C26H23N3O9S. The molecule has 1 aliphatic rings. The van der Waals surface area contributed by atoms with Gasteiger partial charge in [0.15, 0.2) is 11.5 Å². The van der Waals surface area contributed by atoms with E-state index in [1.807, 2.05) is 0 Å². The smallest absolute Gasteiger partial charge is 0.341 e. The molecule has 1 aliphatic heterocycles. The van der Waals surface area contributed by atoms with E-state index in [1.165, 1.54) is 26.4 Å². The first kappa shape index (κ1) is 27.3. The highest BCUT2D eigenvalue weighted by atomic mass is 32.1. The average molecular weight is 554 g/mol. The van der Waals surface area contributed by atoms with E-state index in [4.69, 9.17) is 14.2 Å².